The van der Waals surface area contributed by atoms with Gasteiger partial charge in [0.2, 0.25) is 0 Å². The van der Waals surface area contributed by atoms with Gasteiger partial charge in [0.15, 0.2) is 0 Å². The van der Waals surface area contributed by atoms with Crippen LogP contribution in [-0.2, 0) is 9.84 Å². The summed E-state index contributed by atoms with van der Waals surface area (Å²) in [6.45, 7) is 5.85. The predicted octanol–water partition coefficient (Wildman–Crippen LogP) is 2.87. The van der Waals surface area contributed by atoms with E-state index in [0.717, 1.165) is 5.56 Å². The van der Waals surface area contributed by atoms with E-state index in [0.29, 0.717) is 11.6 Å². The van der Waals surface area contributed by atoms with E-state index in [9.17, 15) is 13.2 Å². The lowest BCUT2D eigenvalue weighted by Gasteiger charge is -2.29. The second-order valence-electron chi connectivity index (χ2n) is 5.45. The smallest absolute Gasteiger partial charge is 0.318 e. The van der Waals surface area contributed by atoms with E-state index in [-0.39, 0.29) is 23.9 Å². The highest BCUT2D eigenvalue weighted by Crippen LogP contribution is 2.17. The second kappa shape index (κ2) is 7.83. The highest BCUT2D eigenvalue weighted by atomic mass is 35.5. The number of hydrogen-bond acceptors (Lipinski definition) is 3. The fourth-order valence-electron chi connectivity index (χ4n) is 2.31. The summed E-state index contributed by atoms with van der Waals surface area (Å²) in [4.78, 5) is 13.9. The van der Waals surface area contributed by atoms with E-state index in [4.69, 9.17) is 11.6 Å². The molecule has 7 heteroatoms. The number of carbonyl (C=O) groups is 1. The quantitative estimate of drug-likeness (QED) is 0.861. The average molecular weight is 347 g/mol. The number of nitrogens with one attached hydrogen (secondary N) is 1. The Morgan fingerprint density at radius 3 is 2.50 bits per heavy atom. The van der Waals surface area contributed by atoms with E-state index in [1.54, 1.807) is 19.1 Å². The second-order valence-corrected chi connectivity index (χ2v) is 8.07. The van der Waals surface area contributed by atoms with Crippen molar-refractivity contribution in [3.63, 3.8) is 0 Å². The van der Waals surface area contributed by atoms with Gasteiger partial charge in [-0.3, -0.25) is 0 Å². The lowest BCUT2D eigenvalue weighted by molar-refractivity contribution is 0.184. The molecule has 2 unspecified atom stereocenters. The number of urea groups is 1. The van der Waals surface area contributed by atoms with Crippen molar-refractivity contribution in [3.05, 3.63) is 34.9 Å². The van der Waals surface area contributed by atoms with Gasteiger partial charge < -0.3 is 10.2 Å². The van der Waals surface area contributed by atoms with E-state index < -0.39 is 9.84 Å². The number of carbonyl (C=O) groups excluding carboxylic acids is 1. The summed E-state index contributed by atoms with van der Waals surface area (Å²) in [5, 5.41) is 3.48. The molecular weight excluding hydrogens is 324 g/mol. The number of rotatable bonds is 6. The predicted molar refractivity (Wildman–Crippen MR) is 90.0 cm³/mol. The Labute approximate surface area is 137 Å². The van der Waals surface area contributed by atoms with Crippen molar-refractivity contribution in [2.45, 2.75) is 32.9 Å². The molecule has 2 atom stereocenters. The Morgan fingerprint density at radius 1 is 1.36 bits per heavy atom. The zero-order valence-electron chi connectivity index (χ0n) is 13.3. The molecular formula is C15H23ClN2O3S. The Balaban J connectivity index is 2.76. The Kier molecular flexibility index (Phi) is 6.68. The molecule has 0 saturated carbocycles. The van der Waals surface area contributed by atoms with Crippen LogP contribution >= 0.6 is 11.6 Å². The van der Waals surface area contributed by atoms with Crippen LogP contribution in [-0.4, -0.2) is 43.9 Å². The molecule has 1 rings (SSSR count). The molecule has 0 heterocycles. The first-order valence-electron chi connectivity index (χ1n) is 7.14. The van der Waals surface area contributed by atoms with Gasteiger partial charge in [0.25, 0.3) is 0 Å². The van der Waals surface area contributed by atoms with Crippen LogP contribution in [0.2, 0.25) is 5.02 Å². The summed E-state index contributed by atoms with van der Waals surface area (Å²) in [5.74, 6) is -0.0557. The molecule has 0 bridgehead atoms. The van der Waals surface area contributed by atoms with Gasteiger partial charge in [-0.2, -0.15) is 0 Å². The van der Waals surface area contributed by atoms with Crippen LogP contribution in [0.25, 0.3) is 0 Å². The normalized spacial score (nSPS) is 14.2. The fourth-order valence-corrected chi connectivity index (χ4v) is 3.57. The molecule has 0 aliphatic carbocycles. The highest BCUT2D eigenvalue weighted by Gasteiger charge is 2.23. The Bertz CT molecular complexity index is 619. The van der Waals surface area contributed by atoms with Crippen molar-refractivity contribution in [2.24, 2.45) is 0 Å². The fraction of sp³-hybridized carbons (Fsp3) is 0.533. The van der Waals surface area contributed by atoms with Gasteiger partial charge in [0.05, 0.1) is 11.8 Å². The first kappa shape index (κ1) is 18.8. The van der Waals surface area contributed by atoms with Crippen LogP contribution in [0.4, 0.5) is 4.79 Å². The molecule has 5 nitrogen and oxygen atoms in total. The molecule has 0 aliphatic rings. The minimum absolute atomic E-state index is 0.0557. The van der Waals surface area contributed by atoms with Crippen LogP contribution in [0.5, 0.6) is 0 Å². The van der Waals surface area contributed by atoms with Gasteiger partial charge in [-0.25, -0.2) is 13.2 Å². The molecule has 22 heavy (non-hydrogen) atoms. The van der Waals surface area contributed by atoms with Crippen molar-refractivity contribution in [3.8, 4) is 0 Å². The van der Waals surface area contributed by atoms with Gasteiger partial charge in [0.1, 0.15) is 9.84 Å². The number of amides is 2. The maximum absolute atomic E-state index is 12.4. The molecule has 0 aliphatic heterocycles. The zero-order valence-corrected chi connectivity index (χ0v) is 14.9. The van der Waals surface area contributed by atoms with Crippen molar-refractivity contribution >= 4 is 27.5 Å². The first-order valence-corrected chi connectivity index (χ1v) is 9.58. The number of nitrogens with zero attached hydrogens (tertiary/aromatic N) is 1. The summed E-state index contributed by atoms with van der Waals surface area (Å²) in [6.07, 6.45) is 1.17. The van der Waals surface area contributed by atoms with Gasteiger partial charge in [-0.1, -0.05) is 23.7 Å². The van der Waals surface area contributed by atoms with Crippen LogP contribution in [0.1, 0.15) is 32.4 Å². The van der Waals surface area contributed by atoms with Crippen molar-refractivity contribution < 1.29 is 13.2 Å². The molecule has 0 fully saturated rings. The minimum Gasteiger partial charge on any atom is -0.331 e. The highest BCUT2D eigenvalue weighted by molar-refractivity contribution is 7.90. The molecule has 0 radical (unpaired) electrons. The van der Waals surface area contributed by atoms with Gasteiger partial charge in [0, 0.05) is 23.9 Å². The molecule has 0 saturated heterocycles. The summed E-state index contributed by atoms with van der Waals surface area (Å²) in [6, 6.07) is 6.38. The van der Waals surface area contributed by atoms with Crippen LogP contribution in [0.15, 0.2) is 24.3 Å². The van der Waals surface area contributed by atoms with Crippen LogP contribution < -0.4 is 5.32 Å². The van der Waals surface area contributed by atoms with Crippen LogP contribution in [0, 0.1) is 0 Å². The third-order valence-electron chi connectivity index (χ3n) is 3.37. The molecule has 0 spiro atoms. The van der Waals surface area contributed by atoms with Crippen molar-refractivity contribution in [1.29, 1.82) is 0 Å². The van der Waals surface area contributed by atoms with Gasteiger partial charge in [-0.15, -0.1) is 0 Å². The third-order valence-corrected chi connectivity index (χ3v) is 4.69. The Hall–Kier alpha value is -1.27. The van der Waals surface area contributed by atoms with Gasteiger partial charge in [-0.05, 0) is 38.5 Å². The average Bonchev–Trinajstić information content (AvgIpc) is 2.37. The van der Waals surface area contributed by atoms with Crippen LogP contribution in [0.3, 0.4) is 0 Å². The first-order chi connectivity index (χ1) is 10.1. The lowest BCUT2D eigenvalue weighted by atomic mass is 10.1. The van der Waals surface area contributed by atoms with Crippen molar-refractivity contribution in [1.82, 2.24) is 10.2 Å². The maximum Gasteiger partial charge on any atom is 0.318 e. The summed E-state index contributed by atoms with van der Waals surface area (Å²) >= 11 is 5.95. The zero-order chi connectivity index (χ0) is 16.9. The van der Waals surface area contributed by atoms with E-state index >= 15 is 0 Å². The summed E-state index contributed by atoms with van der Waals surface area (Å²) in [5.41, 5.74) is 0.896. The monoisotopic (exact) mass is 346 g/mol. The van der Waals surface area contributed by atoms with Crippen molar-refractivity contribution in [2.75, 3.05) is 18.6 Å². The molecule has 1 aromatic rings. The molecule has 124 valence electrons. The summed E-state index contributed by atoms with van der Waals surface area (Å²) < 4.78 is 22.8. The van der Waals surface area contributed by atoms with E-state index in [1.165, 1.54) is 11.2 Å². The topological polar surface area (TPSA) is 66.5 Å². The number of sulfone groups is 1. The molecule has 2 amide bonds. The number of benzene rings is 1. The van der Waals surface area contributed by atoms with E-state index in [2.05, 4.69) is 5.32 Å². The number of hydrogen-bond donors (Lipinski definition) is 1. The Morgan fingerprint density at radius 2 is 2.00 bits per heavy atom. The summed E-state index contributed by atoms with van der Waals surface area (Å²) in [7, 11) is -3.14. The lowest BCUT2D eigenvalue weighted by Crippen LogP contribution is -2.47. The van der Waals surface area contributed by atoms with E-state index in [1.807, 2.05) is 26.0 Å². The van der Waals surface area contributed by atoms with Gasteiger partial charge >= 0.3 is 6.03 Å². The molecule has 0 aromatic heterocycles. The minimum atomic E-state index is -3.14. The molecule has 1 N–H and O–H groups in total. The number of halogens is 1. The molecule has 1 aromatic carbocycles. The third kappa shape index (κ3) is 5.85. The maximum atomic E-state index is 12.4. The SMILES string of the molecule is CCN(C(=O)NC(C)c1cccc(Cl)c1)C(C)CS(C)(=O)=O. The standard InChI is InChI=1S/C15H23ClN2O3S/c1-5-18(11(2)10-22(4,20)21)15(19)17-12(3)13-7-6-8-14(16)9-13/h6-9,11-12H,5,10H2,1-4H3,(H,17,19). The largest absolute Gasteiger partial charge is 0.331 e.